The molecule has 6 heteroatoms. The number of nitrogens with zero attached hydrogens (tertiary/aromatic N) is 2. The van der Waals surface area contributed by atoms with Crippen molar-refractivity contribution >= 4 is 11.9 Å². The summed E-state index contributed by atoms with van der Waals surface area (Å²) in [6, 6.07) is 0.861. The minimum Gasteiger partial charge on any atom is -0.352 e. The normalized spacial score (nSPS) is 31.5. The second kappa shape index (κ2) is 5.36. The topological polar surface area (TPSA) is 64.7 Å². The summed E-state index contributed by atoms with van der Waals surface area (Å²) in [4.78, 5) is 28.8. The minimum absolute atomic E-state index is 0.0231. The summed E-state index contributed by atoms with van der Waals surface area (Å²) in [5, 5.41) is 6.06. The summed E-state index contributed by atoms with van der Waals surface area (Å²) < 4.78 is 0. The van der Waals surface area contributed by atoms with Crippen LogP contribution < -0.4 is 10.6 Å². The molecule has 0 radical (unpaired) electrons. The van der Waals surface area contributed by atoms with Gasteiger partial charge in [0.15, 0.2) is 0 Å². The number of nitrogens with one attached hydrogen (secondary N) is 2. The van der Waals surface area contributed by atoms with Crippen molar-refractivity contribution in [2.24, 2.45) is 5.41 Å². The van der Waals surface area contributed by atoms with E-state index in [9.17, 15) is 9.59 Å². The molecule has 3 amide bonds. The quantitative estimate of drug-likeness (QED) is 0.792. The van der Waals surface area contributed by atoms with Gasteiger partial charge in [0.2, 0.25) is 5.91 Å². The first kappa shape index (κ1) is 15.2. The fourth-order valence-corrected chi connectivity index (χ4v) is 4.69. The first-order valence-corrected chi connectivity index (χ1v) is 9.11. The lowest BCUT2D eigenvalue weighted by Gasteiger charge is -2.59. The van der Waals surface area contributed by atoms with Crippen molar-refractivity contribution in [3.8, 4) is 0 Å². The van der Waals surface area contributed by atoms with E-state index in [0.29, 0.717) is 24.4 Å². The molecule has 4 fully saturated rings. The van der Waals surface area contributed by atoms with Gasteiger partial charge < -0.3 is 15.5 Å². The second-order valence-corrected chi connectivity index (χ2v) is 8.18. The summed E-state index contributed by atoms with van der Waals surface area (Å²) >= 11 is 0. The highest BCUT2D eigenvalue weighted by molar-refractivity contribution is 5.88. The van der Waals surface area contributed by atoms with Crippen LogP contribution in [0.5, 0.6) is 0 Å². The molecular weight excluding hydrogens is 292 g/mol. The predicted octanol–water partition coefficient (Wildman–Crippen LogP) is 0.922. The predicted molar refractivity (Wildman–Crippen MR) is 87.0 cm³/mol. The van der Waals surface area contributed by atoms with E-state index in [1.165, 1.54) is 25.9 Å². The van der Waals surface area contributed by atoms with Crippen LogP contribution in [0.3, 0.4) is 0 Å². The fraction of sp³-hybridized carbons (Fsp3) is 0.882. The number of urea groups is 1. The summed E-state index contributed by atoms with van der Waals surface area (Å²) in [7, 11) is 0. The highest BCUT2D eigenvalue weighted by atomic mass is 16.2. The Morgan fingerprint density at radius 2 is 2.09 bits per heavy atom. The van der Waals surface area contributed by atoms with Crippen molar-refractivity contribution in [3.05, 3.63) is 0 Å². The zero-order valence-corrected chi connectivity index (χ0v) is 14.2. The summed E-state index contributed by atoms with van der Waals surface area (Å²) in [6.45, 7) is 7.03. The molecule has 4 rings (SSSR count). The Balaban J connectivity index is 1.26. The number of rotatable bonds is 5. The van der Waals surface area contributed by atoms with E-state index in [1.54, 1.807) is 4.90 Å². The maximum atomic E-state index is 12.6. The van der Waals surface area contributed by atoms with Gasteiger partial charge in [-0.25, -0.2) is 4.79 Å². The Kier molecular flexibility index (Phi) is 3.55. The van der Waals surface area contributed by atoms with Crippen LogP contribution in [0.25, 0.3) is 0 Å². The number of carbonyl (C=O) groups excluding carboxylic acids is 2. The molecular formula is C17H28N4O2. The smallest absolute Gasteiger partial charge is 0.318 e. The largest absolute Gasteiger partial charge is 0.352 e. The molecule has 0 aromatic heterocycles. The highest BCUT2D eigenvalue weighted by Crippen LogP contribution is 2.51. The van der Waals surface area contributed by atoms with E-state index < -0.39 is 0 Å². The molecule has 2 saturated carbocycles. The van der Waals surface area contributed by atoms with Gasteiger partial charge in [0, 0.05) is 37.8 Å². The summed E-state index contributed by atoms with van der Waals surface area (Å²) in [6.07, 6.45) is 5.65. The number of carbonyl (C=O) groups is 2. The van der Waals surface area contributed by atoms with E-state index in [1.807, 2.05) is 13.8 Å². The molecule has 2 saturated heterocycles. The van der Waals surface area contributed by atoms with Gasteiger partial charge in [0.25, 0.3) is 0 Å². The number of likely N-dealkylation sites (tertiary alicyclic amines) is 1. The van der Waals surface area contributed by atoms with Crippen LogP contribution in [0.4, 0.5) is 4.79 Å². The first-order valence-electron chi connectivity index (χ1n) is 9.11. The van der Waals surface area contributed by atoms with Crippen LogP contribution in [0.1, 0.15) is 46.0 Å². The number of amides is 3. The Labute approximate surface area is 137 Å². The van der Waals surface area contributed by atoms with Crippen LogP contribution >= 0.6 is 0 Å². The Morgan fingerprint density at radius 3 is 2.61 bits per heavy atom. The molecule has 4 aliphatic rings. The average Bonchev–Trinajstić information content (AvgIpc) is 3.18. The lowest BCUT2D eigenvalue weighted by molar-refractivity contribution is -0.131. The Morgan fingerprint density at radius 1 is 1.39 bits per heavy atom. The summed E-state index contributed by atoms with van der Waals surface area (Å²) in [5.74, 6) is 0.0231. The highest BCUT2D eigenvalue weighted by Gasteiger charge is 2.55. The third kappa shape index (κ3) is 2.71. The van der Waals surface area contributed by atoms with Gasteiger partial charge in [-0.2, -0.15) is 0 Å². The molecule has 0 aromatic rings. The van der Waals surface area contributed by atoms with Gasteiger partial charge in [0.1, 0.15) is 6.04 Å². The van der Waals surface area contributed by atoms with Crippen molar-refractivity contribution in [3.63, 3.8) is 0 Å². The van der Waals surface area contributed by atoms with Gasteiger partial charge in [-0.05, 0) is 44.4 Å². The van der Waals surface area contributed by atoms with Crippen molar-refractivity contribution in [2.75, 3.05) is 19.6 Å². The molecule has 128 valence electrons. The molecule has 2 aliphatic heterocycles. The Bertz CT molecular complexity index is 505. The zero-order valence-electron chi connectivity index (χ0n) is 14.2. The molecule has 6 nitrogen and oxygen atoms in total. The fourth-order valence-electron chi connectivity index (χ4n) is 4.69. The van der Waals surface area contributed by atoms with Gasteiger partial charge in [-0.1, -0.05) is 6.92 Å². The molecule has 1 spiro atoms. The van der Waals surface area contributed by atoms with E-state index in [4.69, 9.17) is 0 Å². The standard InChI is InChI=1S/C17H28N4O2/c1-3-14(21-8-11(2)18-16(21)23)15(22)19-12-6-17(7-12)9-20(10-17)13-4-5-13/h11-14H,3-10H2,1-2H3,(H,18,23)(H,19,22). The maximum absolute atomic E-state index is 12.6. The molecule has 0 bridgehead atoms. The number of hydrogen-bond donors (Lipinski definition) is 2. The van der Waals surface area contributed by atoms with E-state index >= 15 is 0 Å². The van der Waals surface area contributed by atoms with Crippen molar-refractivity contribution < 1.29 is 9.59 Å². The Hall–Kier alpha value is -1.30. The molecule has 2 atom stereocenters. The van der Waals surface area contributed by atoms with Crippen LogP contribution in [0.15, 0.2) is 0 Å². The van der Waals surface area contributed by atoms with Crippen molar-refractivity contribution in [1.29, 1.82) is 0 Å². The summed E-state index contributed by atoms with van der Waals surface area (Å²) in [5.41, 5.74) is 0.488. The van der Waals surface area contributed by atoms with Crippen LogP contribution in [0.2, 0.25) is 0 Å². The third-order valence-electron chi connectivity index (χ3n) is 6.01. The van der Waals surface area contributed by atoms with Gasteiger partial charge in [0.05, 0.1) is 0 Å². The lowest BCUT2D eigenvalue weighted by Crippen LogP contribution is -2.67. The zero-order chi connectivity index (χ0) is 16.2. The molecule has 2 unspecified atom stereocenters. The second-order valence-electron chi connectivity index (χ2n) is 8.18. The monoisotopic (exact) mass is 320 g/mol. The molecule has 2 heterocycles. The van der Waals surface area contributed by atoms with Crippen LogP contribution in [-0.2, 0) is 4.79 Å². The average molecular weight is 320 g/mol. The maximum Gasteiger partial charge on any atom is 0.318 e. The van der Waals surface area contributed by atoms with E-state index in [-0.39, 0.29) is 24.0 Å². The third-order valence-corrected chi connectivity index (χ3v) is 6.01. The van der Waals surface area contributed by atoms with Crippen molar-refractivity contribution in [2.45, 2.75) is 70.1 Å². The van der Waals surface area contributed by atoms with Crippen molar-refractivity contribution in [1.82, 2.24) is 20.4 Å². The van der Waals surface area contributed by atoms with Gasteiger partial charge >= 0.3 is 6.03 Å². The molecule has 2 aliphatic carbocycles. The van der Waals surface area contributed by atoms with E-state index in [2.05, 4.69) is 15.5 Å². The number of hydrogen-bond acceptors (Lipinski definition) is 3. The molecule has 23 heavy (non-hydrogen) atoms. The van der Waals surface area contributed by atoms with Gasteiger partial charge in [-0.3, -0.25) is 9.69 Å². The minimum atomic E-state index is -0.333. The van der Waals surface area contributed by atoms with Crippen LogP contribution in [0, 0.1) is 5.41 Å². The van der Waals surface area contributed by atoms with E-state index in [0.717, 1.165) is 18.9 Å². The van der Waals surface area contributed by atoms with Crippen LogP contribution in [-0.4, -0.2) is 65.5 Å². The molecule has 0 aromatic carbocycles. The first-order chi connectivity index (χ1) is 11.0. The molecule has 2 N–H and O–H groups in total. The lowest BCUT2D eigenvalue weighted by atomic mass is 9.60. The SMILES string of the molecule is CCC(C(=O)NC1CC2(C1)CN(C1CC1)C2)N1CC(C)NC1=O. The van der Waals surface area contributed by atoms with Gasteiger partial charge in [-0.15, -0.1) is 0 Å².